The summed E-state index contributed by atoms with van der Waals surface area (Å²) in [5.74, 6) is 0.432. The molecule has 5 heteroatoms. The number of nitrogen functional groups attached to an aromatic ring is 1. The standard InChI is InChI=1S/C14H18N2O3/c1-18-9-11(19-2)8-16-13(15)7-10-5-3-4-6-12(10)14(16)17/h3-7,11H,8-9,15H2,1-2H3. The molecule has 1 atom stereocenters. The third kappa shape index (κ3) is 2.77. The van der Waals surface area contributed by atoms with Gasteiger partial charge in [0.2, 0.25) is 0 Å². The highest BCUT2D eigenvalue weighted by atomic mass is 16.5. The van der Waals surface area contributed by atoms with Gasteiger partial charge in [-0.05, 0) is 17.5 Å². The average molecular weight is 262 g/mol. The second kappa shape index (κ2) is 5.86. The summed E-state index contributed by atoms with van der Waals surface area (Å²) in [5.41, 5.74) is 5.85. The van der Waals surface area contributed by atoms with Gasteiger partial charge in [-0.1, -0.05) is 18.2 Å². The Hall–Kier alpha value is -1.85. The predicted octanol–water partition coefficient (Wildman–Crippen LogP) is 1.25. The fourth-order valence-corrected chi connectivity index (χ4v) is 2.09. The van der Waals surface area contributed by atoms with E-state index in [2.05, 4.69) is 0 Å². The zero-order valence-corrected chi connectivity index (χ0v) is 11.1. The summed E-state index contributed by atoms with van der Waals surface area (Å²) in [6, 6.07) is 9.20. The number of ether oxygens (including phenoxy) is 2. The smallest absolute Gasteiger partial charge is 0.260 e. The van der Waals surface area contributed by atoms with Crippen molar-refractivity contribution < 1.29 is 9.47 Å². The molecule has 19 heavy (non-hydrogen) atoms. The summed E-state index contributed by atoms with van der Waals surface area (Å²) in [4.78, 5) is 12.4. The Morgan fingerprint density at radius 2 is 2.05 bits per heavy atom. The van der Waals surface area contributed by atoms with Gasteiger partial charge in [-0.25, -0.2) is 0 Å². The lowest BCUT2D eigenvalue weighted by Gasteiger charge is -2.18. The van der Waals surface area contributed by atoms with Crippen LogP contribution >= 0.6 is 0 Å². The molecule has 0 aliphatic carbocycles. The van der Waals surface area contributed by atoms with Crippen molar-refractivity contribution in [3.05, 3.63) is 40.7 Å². The van der Waals surface area contributed by atoms with Crippen LogP contribution in [0.1, 0.15) is 0 Å². The Labute approximate surface area is 111 Å². The van der Waals surface area contributed by atoms with Crippen LogP contribution in [0.3, 0.4) is 0 Å². The van der Waals surface area contributed by atoms with Crippen molar-refractivity contribution in [1.29, 1.82) is 0 Å². The second-order valence-corrected chi connectivity index (χ2v) is 4.39. The average Bonchev–Trinajstić information content (AvgIpc) is 2.42. The van der Waals surface area contributed by atoms with Gasteiger partial charge in [0.25, 0.3) is 5.56 Å². The number of benzene rings is 1. The Balaban J connectivity index is 2.45. The van der Waals surface area contributed by atoms with Gasteiger partial charge in [0.1, 0.15) is 5.82 Å². The SMILES string of the molecule is COCC(Cn1c(N)cc2ccccc2c1=O)OC. The van der Waals surface area contributed by atoms with Crippen LogP contribution in [0.15, 0.2) is 35.1 Å². The van der Waals surface area contributed by atoms with Crippen LogP contribution in [0.5, 0.6) is 0 Å². The molecule has 0 fully saturated rings. The van der Waals surface area contributed by atoms with E-state index in [-0.39, 0.29) is 11.7 Å². The molecule has 0 saturated carbocycles. The number of nitrogens with two attached hydrogens (primary N) is 1. The van der Waals surface area contributed by atoms with E-state index >= 15 is 0 Å². The van der Waals surface area contributed by atoms with E-state index in [1.807, 2.05) is 18.2 Å². The number of pyridine rings is 1. The minimum absolute atomic E-state index is 0.103. The first kappa shape index (κ1) is 13.6. The van der Waals surface area contributed by atoms with Gasteiger partial charge < -0.3 is 15.2 Å². The summed E-state index contributed by atoms with van der Waals surface area (Å²) in [7, 11) is 3.19. The first-order valence-electron chi connectivity index (χ1n) is 6.07. The second-order valence-electron chi connectivity index (χ2n) is 4.39. The molecule has 0 spiro atoms. The number of hydrogen-bond acceptors (Lipinski definition) is 4. The van der Waals surface area contributed by atoms with Crippen molar-refractivity contribution in [1.82, 2.24) is 4.57 Å². The lowest BCUT2D eigenvalue weighted by Crippen LogP contribution is -2.32. The Morgan fingerprint density at radius 3 is 2.74 bits per heavy atom. The van der Waals surface area contributed by atoms with Crippen molar-refractivity contribution in [3.63, 3.8) is 0 Å². The zero-order chi connectivity index (χ0) is 13.8. The molecule has 2 N–H and O–H groups in total. The number of anilines is 1. The molecule has 2 aromatic rings. The largest absolute Gasteiger partial charge is 0.385 e. The molecule has 1 unspecified atom stereocenters. The highest BCUT2D eigenvalue weighted by Crippen LogP contribution is 2.13. The maximum Gasteiger partial charge on any atom is 0.260 e. The van der Waals surface area contributed by atoms with E-state index in [1.54, 1.807) is 26.4 Å². The molecule has 5 nitrogen and oxygen atoms in total. The maximum atomic E-state index is 12.4. The fourth-order valence-electron chi connectivity index (χ4n) is 2.09. The molecule has 1 aromatic carbocycles. The zero-order valence-electron chi connectivity index (χ0n) is 11.1. The third-order valence-corrected chi connectivity index (χ3v) is 3.12. The van der Waals surface area contributed by atoms with Gasteiger partial charge in [0.15, 0.2) is 0 Å². The van der Waals surface area contributed by atoms with Crippen LogP contribution in [0, 0.1) is 0 Å². The van der Waals surface area contributed by atoms with Gasteiger partial charge in [-0.15, -0.1) is 0 Å². The van der Waals surface area contributed by atoms with Crippen molar-refractivity contribution in [2.45, 2.75) is 12.6 Å². The molecule has 1 aromatic heterocycles. The minimum Gasteiger partial charge on any atom is -0.385 e. The van der Waals surface area contributed by atoms with Crippen molar-refractivity contribution >= 4 is 16.6 Å². The number of fused-ring (bicyclic) bond motifs is 1. The van der Waals surface area contributed by atoms with E-state index in [9.17, 15) is 4.79 Å². The summed E-state index contributed by atoms with van der Waals surface area (Å²) in [5, 5.41) is 1.51. The van der Waals surface area contributed by atoms with Crippen molar-refractivity contribution in [2.75, 3.05) is 26.6 Å². The fraction of sp³-hybridized carbons (Fsp3) is 0.357. The van der Waals surface area contributed by atoms with E-state index in [4.69, 9.17) is 15.2 Å². The molecule has 0 saturated heterocycles. The summed E-state index contributed by atoms with van der Waals surface area (Å²) in [6.45, 7) is 0.787. The highest BCUT2D eigenvalue weighted by molar-refractivity contribution is 5.83. The normalized spacial score (nSPS) is 12.7. The van der Waals surface area contributed by atoms with E-state index < -0.39 is 0 Å². The van der Waals surface area contributed by atoms with Gasteiger partial charge in [0.05, 0.1) is 19.3 Å². The first-order chi connectivity index (χ1) is 9.17. The molecular weight excluding hydrogens is 244 g/mol. The Kier molecular flexibility index (Phi) is 4.19. The number of aromatic nitrogens is 1. The molecule has 0 aliphatic rings. The lowest BCUT2D eigenvalue weighted by molar-refractivity contribution is 0.0182. The van der Waals surface area contributed by atoms with Crippen molar-refractivity contribution in [3.8, 4) is 0 Å². The molecule has 1 heterocycles. The van der Waals surface area contributed by atoms with Crippen LogP contribution in [0.4, 0.5) is 5.82 Å². The van der Waals surface area contributed by atoms with Crippen LogP contribution < -0.4 is 11.3 Å². The predicted molar refractivity (Wildman–Crippen MR) is 75.3 cm³/mol. The first-order valence-corrected chi connectivity index (χ1v) is 6.07. The Bertz CT molecular complexity index is 622. The third-order valence-electron chi connectivity index (χ3n) is 3.12. The van der Waals surface area contributed by atoms with E-state index in [0.29, 0.717) is 24.4 Å². The Morgan fingerprint density at radius 1 is 1.32 bits per heavy atom. The van der Waals surface area contributed by atoms with Crippen LogP contribution in [0.25, 0.3) is 10.8 Å². The molecule has 2 rings (SSSR count). The van der Waals surface area contributed by atoms with Crippen LogP contribution in [-0.2, 0) is 16.0 Å². The molecule has 0 radical (unpaired) electrons. The quantitative estimate of drug-likeness (QED) is 0.880. The summed E-state index contributed by atoms with van der Waals surface area (Å²) in [6.07, 6.45) is -0.203. The molecule has 0 amide bonds. The van der Waals surface area contributed by atoms with Gasteiger partial charge in [-0.3, -0.25) is 9.36 Å². The molecule has 0 bridgehead atoms. The summed E-state index contributed by atoms with van der Waals surface area (Å²) >= 11 is 0. The minimum atomic E-state index is -0.203. The van der Waals surface area contributed by atoms with Crippen LogP contribution in [0.2, 0.25) is 0 Å². The highest BCUT2D eigenvalue weighted by Gasteiger charge is 2.13. The monoisotopic (exact) mass is 262 g/mol. The van der Waals surface area contributed by atoms with Crippen LogP contribution in [-0.4, -0.2) is 31.5 Å². The molecule has 102 valence electrons. The van der Waals surface area contributed by atoms with Gasteiger partial charge in [0, 0.05) is 19.6 Å². The number of rotatable bonds is 5. The molecule has 0 aliphatic heterocycles. The lowest BCUT2D eigenvalue weighted by atomic mass is 10.1. The summed E-state index contributed by atoms with van der Waals surface area (Å²) < 4.78 is 11.9. The van der Waals surface area contributed by atoms with E-state index in [0.717, 1.165) is 5.39 Å². The number of hydrogen-bond donors (Lipinski definition) is 1. The van der Waals surface area contributed by atoms with Gasteiger partial charge >= 0.3 is 0 Å². The molecular formula is C14H18N2O3. The number of nitrogens with zero attached hydrogens (tertiary/aromatic N) is 1. The maximum absolute atomic E-state index is 12.4. The van der Waals surface area contributed by atoms with Crippen molar-refractivity contribution in [2.24, 2.45) is 0 Å². The van der Waals surface area contributed by atoms with E-state index in [1.165, 1.54) is 4.57 Å². The topological polar surface area (TPSA) is 66.5 Å². The van der Waals surface area contributed by atoms with Gasteiger partial charge in [-0.2, -0.15) is 0 Å². The number of methoxy groups -OCH3 is 2.